The fraction of sp³-hybridized carbons (Fsp3) is 0.111. The Bertz CT molecular complexity index is 806. The average molecular weight is 308 g/mol. The molecule has 22 heavy (non-hydrogen) atoms. The number of thiophene rings is 1. The van der Waals surface area contributed by atoms with Gasteiger partial charge in [-0.25, -0.2) is 4.98 Å². The molecule has 3 rings (SSSR count). The number of aromatic nitrogens is 1. The summed E-state index contributed by atoms with van der Waals surface area (Å²) in [7, 11) is 0. The minimum Gasteiger partial charge on any atom is -0.340 e. The maximum absolute atomic E-state index is 11.4. The van der Waals surface area contributed by atoms with Crippen molar-refractivity contribution in [3.05, 3.63) is 65.2 Å². The zero-order valence-electron chi connectivity index (χ0n) is 12.5. The molecule has 0 atom stereocenters. The average Bonchev–Trinajstić information content (AvgIpc) is 3.00. The fourth-order valence-electron chi connectivity index (χ4n) is 2.15. The van der Waals surface area contributed by atoms with Gasteiger partial charge in [0.25, 0.3) is 0 Å². The van der Waals surface area contributed by atoms with Gasteiger partial charge in [-0.3, -0.25) is 4.79 Å². The zero-order chi connectivity index (χ0) is 15.5. The lowest BCUT2D eigenvalue weighted by molar-refractivity contribution is 0.102. The number of aryl methyl sites for hydroxylation is 1. The summed E-state index contributed by atoms with van der Waals surface area (Å²) in [4.78, 5) is 17.7. The first-order valence-corrected chi connectivity index (χ1v) is 7.85. The third-order valence-corrected chi connectivity index (χ3v) is 4.64. The number of para-hydroxylation sites is 1. The van der Waals surface area contributed by atoms with E-state index in [-0.39, 0.29) is 5.78 Å². The van der Waals surface area contributed by atoms with E-state index in [4.69, 9.17) is 0 Å². The lowest BCUT2D eigenvalue weighted by Gasteiger charge is -2.08. The predicted octanol–water partition coefficient (Wildman–Crippen LogP) is 5.06. The van der Waals surface area contributed by atoms with Crippen LogP contribution in [-0.2, 0) is 0 Å². The Hall–Kier alpha value is -2.46. The number of benzene rings is 1. The van der Waals surface area contributed by atoms with Gasteiger partial charge in [0.05, 0.1) is 4.88 Å². The van der Waals surface area contributed by atoms with Gasteiger partial charge in [0.1, 0.15) is 5.82 Å². The standard InChI is InChI=1S/C18H16N2OS/c1-12-5-3-4-6-15(12)20-18-10-7-14(11-19-18)17-9-8-16(22-17)13(2)21/h3-11H,1-2H3,(H,19,20). The highest BCUT2D eigenvalue weighted by Crippen LogP contribution is 2.29. The van der Waals surface area contributed by atoms with Crippen molar-refractivity contribution in [3.63, 3.8) is 0 Å². The third kappa shape index (κ3) is 3.07. The monoisotopic (exact) mass is 308 g/mol. The van der Waals surface area contributed by atoms with E-state index in [1.165, 1.54) is 16.9 Å². The second kappa shape index (κ2) is 6.12. The number of ketones is 1. The summed E-state index contributed by atoms with van der Waals surface area (Å²) in [6.07, 6.45) is 1.83. The molecule has 0 aliphatic carbocycles. The summed E-state index contributed by atoms with van der Waals surface area (Å²) in [5.74, 6) is 0.906. The Balaban J connectivity index is 1.80. The second-order valence-corrected chi connectivity index (χ2v) is 6.18. The molecule has 1 N–H and O–H groups in total. The normalized spacial score (nSPS) is 10.5. The molecule has 0 unspecified atom stereocenters. The Labute approximate surface area is 133 Å². The number of carbonyl (C=O) groups is 1. The van der Waals surface area contributed by atoms with E-state index in [0.29, 0.717) is 0 Å². The number of rotatable bonds is 4. The largest absolute Gasteiger partial charge is 0.340 e. The second-order valence-electron chi connectivity index (χ2n) is 5.09. The van der Waals surface area contributed by atoms with Crippen LogP contribution < -0.4 is 5.32 Å². The lowest BCUT2D eigenvalue weighted by Crippen LogP contribution is -1.95. The molecule has 110 valence electrons. The van der Waals surface area contributed by atoms with Gasteiger partial charge in [0, 0.05) is 22.3 Å². The van der Waals surface area contributed by atoms with Crippen molar-refractivity contribution in [2.24, 2.45) is 0 Å². The van der Waals surface area contributed by atoms with Crippen LogP contribution in [-0.4, -0.2) is 10.8 Å². The molecule has 0 radical (unpaired) electrons. The molecule has 2 aromatic heterocycles. The summed E-state index contributed by atoms with van der Waals surface area (Å²) in [5, 5.41) is 3.31. The van der Waals surface area contributed by atoms with Gasteiger partial charge in [-0.05, 0) is 49.7 Å². The van der Waals surface area contributed by atoms with Crippen LogP contribution in [0.25, 0.3) is 10.4 Å². The quantitative estimate of drug-likeness (QED) is 0.685. The van der Waals surface area contributed by atoms with Crippen molar-refractivity contribution >= 4 is 28.6 Å². The molecular weight excluding hydrogens is 292 g/mol. The lowest BCUT2D eigenvalue weighted by atomic mass is 10.2. The summed E-state index contributed by atoms with van der Waals surface area (Å²) >= 11 is 1.50. The number of nitrogens with zero attached hydrogens (tertiary/aromatic N) is 1. The first kappa shape index (κ1) is 14.5. The number of hydrogen-bond donors (Lipinski definition) is 1. The van der Waals surface area contributed by atoms with Gasteiger partial charge < -0.3 is 5.32 Å². The molecule has 4 heteroatoms. The van der Waals surface area contributed by atoms with Crippen molar-refractivity contribution in [2.45, 2.75) is 13.8 Å². The van der Waals surface area contributed by atoms with Crippen LogP contribution in [0.5, 0.6) is 0 Å². The van der Waals surface area contributed by atoms with Crippen molar-refractivity contribution in [1.29, 1.82) is 0 Å². The summed E-state index contributed by atoms with van der Waals surface area (Å²) < 4.78 is 0. The van der Waals surface area contributed by atoms with Gasteiger partial charge in [-0.1, -0.05) is 18.2 Å². The summed E-state index contributed by atoms with van der Waals surface area (Å²) in [6.45, 7) is 3.65. The molecule has 2 heterocycles. The molecule has 0 aliphatic heterocycles. The van der Waals surface area contributed by atoms with Crippen LogP contribution >= 0.6 is 11.3 Å². The topological polar surface area (TPSA) is 42.0 Å². The van der Waals surface area contributed by atoms with Crippen molar-refractivity contribution in [2.75, 3.05) is 5.32 Å². The molecule has 1 aromatic carbocycles. The number of carbonyl (C=O) groups excluding carboxylic acids is 1. The van der Waals surface area contributed by atoms with Crippen molar-refractivity contribution in [1.82, 2.24) is 4.98 Å². The fourth-order valence-corrected chi connectivity index (χ4v) is 3.04. The molecule has 0 amide bonds. The molecule has 0 bridgehead atoms. The Kier molecular flexibility index (Phi) is 4.02. The predicted molar refractivity (Wildman–Crippen MR) is 92.0 cm³/mol. The third-order valence-electron chi connectivity index (χ3n) is 3.41. The van der Waals surface area contributed by atoms with E-state index in [1.807, 2.05) is 48.7 Å². The molecule has 0 saturated heterocycles. The molecule has 0 spiro atoms. The van der Waals surface area contributed by atoms with Gasteiger partial charge >= 0.3 is 0 Å². The number of nitrogens with one attached hydrogen (secondary N) is 1. The summed E-state index contributed by atoms with van der Waals surface area (Å²) in [5.41, 5.74) is 3.25. The minimum atomic E-state index is 0.0991. The van der Waals surface area contributed by atoms with Crippen LogP contribution in [0.4, 0.5) is 11.5 Å². The van der Waals surface area contributed by atoms with E-state index in [0.717, 1.165) is 26.8 Å². The highest BCUT2D eigenvalue weighted by Gasteiger charge is 2.07. The minimum absolute atomic E-state index is 0.0991. The van der Waals surface area contributed by atoms with Crippen molar-refractivity contribution < 1.29 is 4.79 Å². The van der Waals surface area contributed by atoms with Gasteiger partial charge in [0.2, 0.25) is 0 Å². The van der Waals surface area contributed by atoms with Gasteiger partial charge in [0.15, 0.2) is 5.78 Å². The van der Waals surface area contributed by atoms with E-state index in [2.05, 4.69) is 23.3 Å². The Morgan fingerprint density at radius 2 is 1.91 bits per heavy atom. The van der Waals surface area contributed by atoms with Crippen LogP contribution in [0, 0.1) is 6.92 Å². The molecule has 0 aliphatic rings. The van der Waals surface area contributed by atoms with Crippen LogP contribution in [0.1, 0.15) is 22.2 Å². The van der Waals surface area contributed by atoms with Gasteiger partial charge in [-0.2, -0.15) is 0 Å². The van der Waals surface area contributed by atoms with E-state index in [9.17, 15) is 4.79 Å². The molecule has 0 saturated carbocycles. The number of anilines is 2. The SMILES string of the molecule is CC(=O)c1ccc(-c2ccc(Nc3ccccc3C)nc2)s1. The van der Waals surface area contributed by atoms with Crippen molar-refractivity contribution in [3.8, 4) is 10.4 Å². The van der Waals surface area contributed by atoms with E-state index < -0.39 is 0 Å². The van der Waals surface area contributed by atoms with Crippen LogP contribution in [0.2, 0.25) is 0 Å². The maximum Gasteiger partial charge on any atom is 0.169 e. The molecule has 3 nitrogen and oxygen atoms in total. The first-order chi connectivity index (χ1) is 10.6. The maximum atomic E-state index is 11.4. The zero-order valence-corrected chi connectivity index (χ0v) is 13.3. The Morgan fingerprint density at radius 1 is 1.09 bits per heavy atom. The number of pyridine rings is 1. The number of Topliss-reactive ketones (excluding diaryl/α,β-unsaturated/α-hetero) is 1. The summed E-state index contributed by atoms with van der Waals surface area (Å²) in [6, 6.07) is 15.9. The molecule has 3 aromatic rings. The van der Waals surface area contributed by atoms with Gasteiger partial charge in [-0.15, -0.1) is 11.3 Å². The van der Waals surface area contributed by atoms with Crippen LogP contribution in [0.3, 0.4) is 0 Å². The molecular formula is C18H16N2OS. The van der Waals surface area contributed by atoms with Crippen LogP contribution in [0.15, 0.2) is 54.7 Å². The molecule has 0 fully saturated rings. The van der Waals surface area contributed by atoms with E-state index in [1.54, 1.807) is 6.92 Å². The van der Waals surface area contributed by atoms with E-state index >= 15 is 0 Å². The first-order valence-electron chi connectivity index (χ1n) is 7.03. The number of hydrogen-bond acceptors (Lipinski definition) is 4. The highest BCUT2D eigenvalue weighted by molar-refractivity contribution is 7.17. The highest BCUT2D eigenvalue weighted by atomic mass is 32.1. The Morgan fingerprint density at radius 3 is 2.55 bits per heavy atom. The smallest absolute Gasteiger partial charge is 0.169 e.